The molecule has 1 N–H and O–H groups in total. The zero-order valence-electron chi connectivity index (χ0n) is 11.2. The van der Waals surface area contributed by atoms with Crippen molar-refractivity contribution in [3.8, 4) is 0 Å². The predicted molar refractivity (Wildman–Crippen MR) is 78.2 cm³/mol. The zero-order chi connectivity index (χ0) is 13.5. The Bertz CT molecular complexity index is 414. The number of carbonyl (C=O) groups excluding carboxylic acids is 1. The van der Waals surface area contributed by atoms with Crippen molar-refractivity contribution in [1.29, 1.82) is 0 Å². The van der Waals surface area contributed by atoms with Gasteiger partial charge in [-0.1, -0.05) is 42.6 Å². The van der Waals surface area contributed by atoms with Crippen LogP contribution in [0.4, 0.5) is 0 Å². The highest BCUT2D eigenvalue weighted by atomic mass is 35.5. The first-order valence-corrected chi connectivity index (χ1v) is 7.37. The molecule has 2 rings (SSSR count). The summed E-state index contributed by atoms with van der Waals surface area (Å²) in [5.74, 6) is 0.203. The summed E-state index contributed by atoms with van der Waals surface area (Å²) in [7, 11) is 0. The van der Waals surface area contributed by atoms with Crippen molar-refractivity contribution >= 4 is 17.5 Å². The average molecular weight is 281 g/mol. The van der Waals surface area contributed by atoms with Crippen molar-refractivity contribution in [3.63, 3.8) is 0 Å². The summed E-state index contributed by atoms with van der Waals surface area (Å²) in [5, 5.41) is 3.93. The molecule has 1 heterocycles. The maximum atomic E-state index is 12.1. The largest absolute Gasteiger partial charge is 0.342 e. The van der Waals surface area contributed by atoms with Crippen LogP contribution in [0.5, 0.6) is 0 Å². The molecule has 3 nitrogen and oxygen atoms in total. The van der Waals surface area contributed by atoms with E-state index in [1.54, 1.807) is 0 Å². The monoisotopic (exact) mass is 280 g/mol. The number of nitrogens with one attached hydrogen (secondary N) is 1. The lowest BCUT2D eigenvalue weighted by Crippen LogP contribution is -2.38. The minimum atomic E-state index is 0.203. The van der Waals surface area contributed by atoms with Gasteiger partial charge in [0.2, 0.25) is 5.91 Å². The van der Waals surface area contributed by atoms with Crippen LogP contribution in [0.25, 0.3) is 0 Å². The van der Waals surface area contributed by atoms with Crippen molar-refractivity contribution in [2.24, 2.45) is 0 Å². The summed E-state index contributed by atoms with van der Waals surface area (Å²) in [4.78, 5) is 14.0. The summed E-state index contributed by atoms with van der Waals surface area (Å²) in [5.41, 5.74) is 1.04. The molecule has 1 amide bonds. The van der Waals surface area contributed by atoms with E-state index in [0.717, 1.165) is 36.5 Å². The van der Waals surface area contributed by atoms with E-state index in [1.807, 2.05) is 29.2 Å². The Morgan fingerprint density at radius 2 is 1.84 bits per heavy atom. The number of hydrogen-bond donors (Lipinski definition) is 1. The van der Waals surface area contributed by atoms with Crippen molar-refractivity contribution in [2.45, 2.75) is 32.2 Å². The van der Waals surface area contributed by atoms with Gasteiger partial charge in [0, 0.05) is 24.7 Å². The van der Waals surface area contributed by atoms with Gasteiger partial charge >= 0.3 is 0 Å². The molecule has 19 heavy (non-hydrogen) atoms. The Hall–Kier alpha value is -1.06. The van der Waals surface area contributed by atoms with E-state index in [2.05, 4.69) is 5.32 Å². The van der Waals surface area contributed by atoms with E-state index in [0.29, 0.717) is 13.1 Å². The molecule has 0 bridgehead atoms. The second-order valence-electron chi connectivity index (χ2n) is 4.99. The Morgan fingerprint density at radius 3 is 2.53 bits per heavy atom. The molecule has 1 fully saturated rings. The zero-order valence-corrected chi connectivity index (χ0v) is 12.0. The molecule has 0 spiro atoms. The van der Waals surface area contributed by atoms with Crippen LogP contribution >= 0.6 is 11.6 Å². The Kier molecular flexibility index (Phi) is 5.67. The van der Waals surface area contributed by atoms with E-state index in [9.17, 15) is 4.79 Å². The van der Waals surface area contributed by atoms with Gasteiger partial charge in [-0.05, 0) is 24.5 Å². The summed E-state index contributed by atoms with van der Waals surface area (Å²) in [6.07, 6.45) is 4.76. The third-order valence-corrected chi connectivity index (χ3v) is 3.88. The molecule has 1 aliphatic heterocycles. The lowest BCUT2D eigenvalue weighted by Gasteiger charge is -2.20. The minimum absolute atomic E-state index is 0.203. The molecule has 0 atom stereocenters. The highest BCUT2D eigenvalue weighted by Crippen LogP contribution is 2.14. The summed E-state index contributed by atoms with van der Waals surface area (Å²) in [6.45, 7) is 2.85. The van der Waals surface area contributed by atoms with Crippen LogP contribution in [0, 0.1) is 0 Å². The first kappa shape index (κ1) is 14.4. The van der Waals surface area contributed by atoms with Gasteiger partial charge in [-0.25, -0.2) is 0 Å². The lowest BCUT2D eigenvalue weighted by atomic mass is 10.2. The topological polar surface area (TPSA) is 32.3 Å². The molecule has 0 aromatic heterocycles. The second kappa shape index (κ2) is 7.51. The van der Waals surface area contributed by atoms with Crippen LogP contribution < -0.4 is 5.32 Å². The molecule has 4 heteroatoms. The standard InChI is InChI=1S/C15H21ClN2O/c16-14-8-4-3-7-13(14)11-17-12-15(19)18-9-5-1-2-6-10-18/h3-4,7-8,17H,1-2,5-6,9-12H2. The van der Waals surface area contributed by atoms with Gasteiger partial charge in [0.1, 0.15) is 0 Å². The van der Waals surface area contributed by atoms with E-state index in [1.165, 1.54) is 12.8 Å². The number of nitrogens with zero attached hydrogens (tertiary/aromatic N) is 1. The molecule has 0 aliphatic carbocycles. The van der Waals surface area contributed by atoms with Crippen LogP contribution in [0.2, 0.25) is 5.02 Å². The van der Waals surface area contributed by atoms with E-state index < -0.39 is 0 Å². The van der Waals surface area contributed by atoms with Crippen molar-refractivity contribution < 1.29 is 4.79 Å². The summed E-state index contributed by atoms with van der Waals surface area (Å²) >= 11 is 6.07. The van der Waals surface area contributed by atoms with Crippen molar-refractivity contribution in [3.05, 3.63) is 34.9 Å². The fourth-order valence-electron chi connectivity index (χ4n) is 2.38. The van der Waals surface area contributed by atoms with Crippen molar-refractivity contribution in [1.82, 2.24) is 10.2 Å². The van der Waals surface area contributed by atoms with Gasteiger partial charge in [-0.2, -0.15) is 0 Å². The molecule has 0 radical (unpaired) electrons. The molecule has 0 saturated carbocycles. The highest BCUT2D eigenvalue weighted by Gasteiger charge is 2.14. The smallest absolute Gasteiger partial charge is 0.236 e. The van der Waals surface area contributed by atoms with Gasteiger partial charge in [-0.15, -0.1) is 0 Å². The molecular weight excluding hydrogens is 260 g/mol. The molecule has 1 aromatic rings. The third-order valence-electron chi connectivity index (χ3n) is 3.51. The number of halogens is 1. The number of amides is 1. The summed E-state index contributed by atoms with van der Waals surface area (Å²) < 4.78 is 0. The van der Waals surface area contributed by atoms with Crippen LogP contribution in [-0.4, -0.2) is 30.4 Å². The molecule has 1 aromatic carbocycles. The maximum Gasteiger partial charge on any atom is 0.236 e. The first-order valence-electron chi connectivity index (χ1n) is 6.99. The highest BCUT2D eigenvalue weighted by molar-refractivity contribution is 6.31. The van der Waals surface area contributed by atoms with Gasteiger partial charge in [0.25, 0.3) is 0 Å². The van der Waals surface area contributed by atoms with Crippen LogP contribution in [0.1, 0.15) is 31.2 Å². The van der Waals surface area contributed by atoms with Crippen molar-refractivity contribution in [2.75, 3.05) is 19.6 Å². The molecule has 1 saturated heterocycles. The molecule has 1 aliphatic rings. The molecular formula is C15H21ClN2O. The number of likely N-dealkylation sites (tertiary alicyclic amines) is 1. The van der Waals surface area contributed by atoms with Crippen LogP contribution in [0.15, 0.2) is 24.3 Å². The maximum absolute atomic E-state index is 12.1. The lowest BCUT2D eigenvalue weighted by molar-refractivity contribution is -0.130. The van der Waals surface area contributed by atoms with Gasteiger partial charge in [-0.3, -0.25) is 4.79 Å². The van der Waals surface area contributed by atoms with Crippen LogP contribution in [-0.2, 0) is 11.3 Å². The quantitative estimate of drug-likeness (QED) is 0.920. The number of carbonyl (C=O) groups is 1. The second-order valence-corrected chi connectivity index (χ2v) is 5.40. The average Bonchev–Trinajstić information content (AvgIpc) is 2.70. The van der Waals surface area contributed by atoms with E-state index >= 15 is 0 Å². The molecule has 0 unspecified atom stereocenters. The van der Waals surface area contributed by atoms with Crippen LogP contribution in [0.3, 0.4) is 0 Å². The van der Waals surface area contributed by atoms with E-state index in [4.69, 9.17) is 11.6 Å². The fourth-order valence-corrected chi connectivity index (χ4v) is 2.58. The third kappa shape index (κ3) is 4.51. The predicted octanol–water partition coefficient (Wildman–Crippen LogP) is 2.83. The Balaban J connectivity index is 1.76. The molecule has 104 valence electrons. The van der Waals surface area contributed by atoms with Gasteiger partial charge in [0.05, 0.1) is 6.54 Å². The number of rotatable bonds is 4. The fraction of sp³-hybridized carbons (Fsp3) is 0.533. The summed E-state index contributed by atoms with van der Waals surface area (Å²) in [6, 6.07) is 7.72. The Labute approximate surface area is 119 Å². The van der Waals surface area contributed by atoms with Gasteiger partial charge < -0.3 is 10.2 Å². The number of benzene rings is 1. The van der Waals surface area contributed by atoms with E-state index in [-0.39, 0.29) is 5.91 Å². The normalized spacial score (nSPS) is 16.2. The number of hydrogen-bond acceptors (Lipinski definition) is 2. The van der Waals surface area contributed by atoms with Gasteiger partial charge in [0.15, 0.2) is 0 Å². The SMILES string of the molecule is O=C(CNCc1ccccc1Cl)N1CCCCCC1. The minimum Gasteiger partial charge on any atom is -0.342 e. The first-order chi connectivity index (χ1) is 9.27. The Morgan fingerprint density at radius 1 is 1.16 bits per heavy atom.